The van der Waals surface area contributed by atoms with Crippen molar-refractivity contribution >= 4 is 5.91 Å². The zero-order valence-electron chi connectivity index (χ0n) is 13.6. The lowest BCUT2D eigenvalue weighted by atomic mass is 10.0. The Bertz CT molecular complexity index is 669. The molecule has 6 nitrogen and oxygen atoms in total. The van der Waals surface area contributed by atoms with E-state index >= 15 is 0 Å². The molecule has 0 spiro atoms. The molecule has 1 aliphatic rings. The Balaban J connectivity index is 1.71. The van der Waals surface area contributed by atoms with Gasteiger partial charge in [-0.2, -0.15) is 5.10 Å². The van der Waals surface area contributed by atoms with Crippen LogP contribution in [-0.4, -0.2) is 27.3 Å². The van der Waals surface area contributed by atoms with Gasteiger partial charge in [0.2, 0.25) is 0 Å². The molecule has 1 amide bonds. The maximum atomic E-state index is 12.5. The number of carbonyl (C=O) groups excluding carboxylic acids is 1. The number of hydrogen-bond acceptors (Lipinski definition) is 4. The molecule has 1 fully saturated rings. The molecular weight excluding hydrogens is 294 g/mol. The SMILES string of the molecule is CCCn1ncc(C(=O)NCC(C)(O)c2ccco2)c1C1CC1. The Labute approximate surface area is 135 Å². The monoisotopic (exact) mass is 317 g/mol. The summed E-state index contributed by atoms with van der Waals surface area (Å²) in [7, 11) is 0. The Morgan fingerprint density at radius 3 is 2.96 bits per heavy atom. The van der Waals surface area contributed by atoms with Gasteiger partial charge >= 0.3 is 0 Å². The number of rotatable bonds is 7. The van der Waals surface area contributed by atoms with E-state index in [1.54, 1.807) is 25.3 Å². The lowest BCUT2D eigenvalue weighted by molar-refractivity contribution is 0.0330. The fraction of sp³-hybridized carbons (Fsp3) is 0.529. The van der Waals surface area contributed by atoms with E-state index in [1.165, 1.54) is 6.26 Å². The first kappa shape index (κ1) is 15.8. The summed E-state index contributed by atoms with van der Waals surface area (Å²) in [5, 5.41) is 17.6. The Hall–Kier alpha value is -2.08. The maximum Gasteiger partial charge on any atom is 0.254 e. The number of nitrogens with one attached hydrogen (secondary N) is 1. The summed E-state index contributed by atoms with van der Waals surface area (Å²) >= 11 is 0. The van der Waals surface area contributed by atoms with Crippen molar-refractivity contribution in [3.05, 3.63) is 41.6 Å². The highest BCUT2D eigenvalue weighted by molar-refractivity contribution is 5.95. The van der Waals surface area contributed by atoms with Crippen molar-refractivity contribution in [1.29, 1.82) is 0 Å². The fourth-order valence-electron chi connectivity index (χ4n) is 2.77. The van der Waals surface area contributed by atoms with Gasteiger partial charge in [0.15, 0.2) is 0 Å². The number of aromatic nitrogens is 2. The van der Waals surface area contributed by atoms with Crippen LogP contribution in [0, 0.1) is 0 Å². The number of carbonyl (C=O) groups is 1. The van der Waals surface area contributed by atoms with Gasteiger partial charge in [-0.15, -0.1) is 0 Å². The highest BCUT2D eigenvalue weighted by Gasteiger charge is 2.33. The summed E-state index contributed by atoms with van der Waals surface area (Å²) in [5.41, 5.74) is 0.413. The van der Waals surface area contributed by atoms with Crippen LogP contribution in [0.2, 0.25) is 0 Å². The predicted octanol–water partition coefficient (Wildman–Crippen LogP) is 2.40. The second kappa shape index (κ2) is 6.20. The maximum absolute atomic E-state index is 12.5. The summed E-state index contributed by atoms with van der Waals surface area (Å²) in [5.74, 6) is 0.679. The summed E-state index contributed by atoms with van der Waals surface area (Å²) in [6.07, 6.45) is 6.35. The Morgan fingerprint density at radius 1 is 1.57 bits per heavy atom. The van der Waals surface area contributed by atoms with Crippen molar-refractivity contribution in [1.82, 2.24) is 15.1 Å². The van der Waals surface area contributed by atoms with Gasteiger partial charge in [-0.05, 0) is 38.3 Å². The molecule has 0 saturated heterocycles. The van der Waals surface area contributed by atoms with Gasteiger partial charge in [-0.25, -0.2) is 0 Å². The summed E-state index contributed by atoms with van der Waals surface area (Å²) in [4.78, 5) is 12.5. The third-order valence-electron chi connectivity index (χ3n) is 4.17. The summed E-state index contributed by atoms with van der Waals surface area (Å²) in [6, 6.07) is 3.41. The Kier molecular flexibility index (Phi) is 4.26. The van der Waals surface area contributed by atoms with Gasteiger partial charge in [-0.1, -0.05) is 6.92 Å². The number of amides is 1. The molecule has 1 saturated carbocycles. The second-order valence-corrected chi connectivity index (χ2v) is 6.37. The van der Waals surface area contributed by atoms with E-state index < -0.39 is 5.60 Å². The first-order valence-electron chi connectivity index (χ1n) is 8.13. The van der Waals surface area contributed by atoms with E-state index in [0.717, 1.165) is 31.5 Å². The average molecular weight is 317 g/mol. The minimum absolute atomic E-state index is 0.0857. The van der Waals surface area contributed by atoms with E-state index in [-0.39, 0.29) is 12.5 Å². The van der Waals surface area contributed by atoms with Crippen LogP contribution in [0.15, 0.2) is 29.0 Å². The quantitative estimate of drug-likeness (QED) is 0.822. The van der Waals surface area contributed by atoms with Crippen molar-refractivity contribution in [2.75, 3.05) is 6.54 Å². The molecule has 2 heterocycles. The van der Waals surface area contributed by atoms with Crippen molar-refractivity contribution in [3.63, 3.8) is 0 Å². The van der Waals surface area contributed by atoms with Crippen LogP contribution in [0.4, 0.5) is 0 Å². The van der Waals surface area contributed by atoms with Crippen LogP contribution in [-0.2, 0) is 12.1 Å². The van der Waals surface area contributed by atoms with Crippen LogP contribution in [0.25, 0.3) is 0 Å². The molecule has 2 aromatic heterocycles. The first-order valence-corrected chi connectivity index (χ1v) is 8.13. The molecule has 2 aromatic rings. The largest absolute Gasteiger partial charge is 0.466 e. The molecule has 0 radical (unpaired) electrons. The molecule has 0 aliphatic heterocycles. The van der Waals surface area contributed by atoms with Gasteiger partial charge in [0.25, 0.3) is 5.91 Å². The van der Waals surface area contributed by atoms with Gasteiger partial charge in [0.05, 0.1) is 30.3 Å². The lowest BCUT2D eigenvalue weighted by Crippen LogP contribution is -2.38. The second-order valence-electron chi connectivity index (χ2n) is 6.37. The van der Waals surface area contributed by atoms with Crippen LogP contribution < -0.4 is 5.32 Å². The van der Waals surface area contributed by atoms with E-state index in [9.17, 15) is 9.90 Å². The smallest absolute Gasteiger partial charge is 0.254 e. The third kappa shape index (κ3) is 3.32. The van der Waals surface area contributed by atoms with Crippen molar-refractivity contribution in [3.8, 4) is 0 Å². The molecule has 0 bridgehead atoms. The molecule has 2 N–H and O–H groups in total. The minimum Gasteiger partial charge on any atom is -0.466 e. The lowest BCUT2D eigenvalue weighted by Gasteiger charge is -2.21. The Morgan fingerprint density at radius 2 is 2.35 bits per heavy atom. The minimum atomic E-state index is -1.24. The number of aliphatic hydroxyl groups is 1. The zero-order valence-corrected chi connectivity index (χ0v) is 13.6. The number of nitrogens with zero attached hydrogens (tertiary/aromatic N) is 2. The van der Waals surface area contributed by atoms with Gasteiger partial charge in [0, 0.05) is 12.5 Å². The van der Waals surface area contributed by atoms with E-state index in [2.05, 4.69) is 17.3 Å². The topological polar surface area (TPSA) is 80.3 Å². The van der Waals surface area contributed by atoms with E-state index in [4.69, 9.17) is 4.42 Å². The molecular formula is C17H23N3O3. The molecule has 6 heteroatoms. The standard InChI is InChI=1S/C17H23N3O3/c1-3-8-20-15(12-6-7-12)13(10-19-20)16(21)18-11-17(2,22)14-5-4-9-23-14/h4-5,9-10,12,22H,3,6-8,11H2,1-2H3,(H,18,21). The van der Waals surface area contributed by atoms with E-state index in [0.29, 0.717) is 17.2 Å². The molecule has 124 valence electrons. The van der Waals surface area contributed by atoms with E-state index in [1.807, 2.05) is 4.68 Å². The summed E-state index contributed by atoms with van der Waals surface area (Å²) in [6.45, 7) is 4.62. The summed E-state index contributed by atoms with van der Waals surface area (Å²) < 4.78 is 7.17. The molecule has 3 rings (SSSR count). The van der Waals surface area contributed by atoms with Gasteiger partial charge < -0.3 is 14.8 Å². The van der Waals surface area contributed by atoms with Crippen molar-refractivity contribution in [2.45, 2.75) is 51.2 Å². The number of hydrogen-bond donors (Lipinski definition) is 2. The number of furan rings is 1. The van der Waals surface area contributed by atoms with Crippen LogP contribution in [0.5, 0.6) is 0 Å². The number of aryl methyl sites for hydroxylation is 1. The zero-order chi connectivity index (χ0) is 16.4. The molecule has 1 unspecified atom stereocenters. The highest BCUT2D eigenvalue weighted by atomic mass is 16.4. The van der Waals surface area contributed by atoms with Gasteiger partial charge in [0.1, 0.15) is 11.4 Å². The third-order valence-corrected chi connectivity index (χ3v) is 4.17. The van der Waals surface area contributed by atoms with Gasteiger partial charge in [-0.3, -0.25) is 9.48 Å². The fourth-order valence-corrected chi connectivity index (χ4v) is 2.77. The van der Waals surface area contributed by atoms with Crippen molar-refractivity contribution in [2.24, 2.45) is 0 Å². The van der Waals surface area contributed by atoms with Crippen LogP contribution >= 0.6 is 0 Å². The normalized spacial score (nSPS) is 17.0. The predicted molar refractivity (Wildman–Crippen MR) is 85.1 cm³/mol. The molecule has 1 atom stereocenters. The molecule has 0 aromatic carbocycles. The van der Waals surface area contributed by atoms with Crippen molar-refractivity contribution < 1.29 is 14.3 Å². The van der Waals surface area contributed by atoms with Crippen LogP contribution in [0.3, 0.4) is 0 Å². The average Bonchev–Trinajstić information content (AvgIpc) is 3.04. The molecule has 1 aliphatic carbocycles. The first-order chi connectivity index (χ1) is 11.0. The molecule has 23 heavy (non-hydrogen) atoms. The highest BCUT2D eigenvalue weighted by Crippen LogP contribution is 2.41. The van der Waals surface area contributed by atoms with Crippen LogP contribution in [0.1, 0.15) is 60.8 Å².